The van der Waals surface area contributed by atoms with Gasteiger partial charge in [0.25, 0.3) is 0 Å². The Balaban J connectivity index is 1.81. The van der Waals surface area contributed by atoms with Gasteiger partial charge < -0.3 is 10.1 Å². The van der Waals surface area contributed by atoms with E-state index in [0.29, 0.717) is 29.2 Å². The minimum atomic E-state index is 0.362. The molecule has 2 aromatic carbocycles. The zero-order valence-electron chi connectivity index (χ0n) is 18.5. The number of allylic oxidation sites excluding steroid dienone is 2. The van der Waals surface area contributed by atoms with Gasteiger partial charge in [-0.3, -0.25) is 0 Å². The van der Waals surface area contributed by atoms with Gasteiger partial charge in [0, 0.05) is 22.0 Å². The lowest BCUT2D eigenvalue weighted by Gasteiger charge is -2.12. The van der Waals surface area contributed by atoms with Crippen LogP contribution in [-0.2, 0) is 5.75 Å². The van der Waals surface area contributed by atoms with Gasteiger partial charge in [-0.05, 0) is 49.4 Å². The molecule has 0 aliphatic carbocycles. The van der Waals surface area contributed by atoms with Crippen molar-refractivity contribution in [1.82, 2.24) is 15.0 Å². The molecule has 1 heterocycles. The molecule has 166 valence electrons. The first-order valence-corrected chi connectivity index (χ1v) is 12.2. The van der Waals surface area contributed by atoms with Gasteiger partial charge in [-0.1, -0.05) is 54.9 Å². The fourth-order valence-corrected chi connectivity index (χ4v) is 3.61. The number of benzene rings is 2. The average Bonchev–Trinajstić information content (AvgIpc) is 2.80. The minimum Gasteiger partial charge on any atom is -0.488 e. The zero-order chi connectivity index (χ0) is 22.8. The number of anilines is 2. The van der Waals surface area contributed by atoms with Crippen LogP contribution < -0.4 is 10.1 Å². The maximum atomic E-state index is 6.24. The molecule has 0 aliphatic heterocycles. The molecule has 0 radical (unpaired) electrons. The Morgan fingerprint density at radius 1 is 1.16 bits per heavy atom. The quantitative estimate of drug-likeness (QED) is 0.324. The third-order valence-electron chi connectivity index (χ3n) is 4.57. The van der Waals surface area contributed by atoms with Crippen LogP contribution in [0, 0.1) is 0 Å². The molecule has 0 bridgehead atoms. The van der Waals surface area contributed by atoms with Crippen molar-refractivity contribution in [1.29, 1.82) is 0 Å². The van der Waals surface area contributed by atoms with Crippen LogP contribution in [0.1, 0.15) is 25.8 Å². The fourth-order valence-electron chi connectivity index (χ4n) is 2.98. The highest BCUT2D eigenvalue weighted by molar-refractivity contribution is 7.97. The first-order valence-electron chi connectivity index (χ1n) is 10.4. The summed E-state index contributed by atoms with van der Waals surface area (Å²) in [4.78, 5) is 13.3. The van der Waals surface area contributed by atoms with Crippen LogP contribution >= 0.6 is 23.4 Å². The van der Waals surface area contributed by atoms with E-state index < -0.39 is 0 Å². The van der Waals surface area contributed by atoms with Crippen molar-refractivity contribution in [3.05, 3.63) is 83.2 Å². The van der Waals surface area contributed by atoms with Crippen molar-refractivity contribution in [2.45, 2.75) is 26.0 Å². The number of halogens is 1. The summed E-state index contributed by atoms with van der Waals surface area (Å²) < 4.78 is 6.10. The molecule has 1 aromatic heterocycles. The first kappa shape index (κ1) is 23.8. The van der Waals surface area contributed by atoms with Gasteiger partial charge in [-0.15, -0.1) is 0 Å². The molecule has 3 rings (SSSR count). The number of nitrogens with one attached hydrogen (secondary N) is 1. The van der Waals surface area contributed by atoms with E-state index in [1.165, 1.54) is 11.9 Å². The van der Waals surface area contributed by atoms with E-state index in [9.17, 15) is 0 Å². The molecular formula is C25H27ClN4OS. The van der Waals surface area contributed by atoms with Crippen molar-refractivity contribution in [3.63, 3.8) is 0 Å². The SMILES string of the molecule is CC/C=C\C(COc1ccccc1-c1ncnc(Nc2cccc(CSC)c2)n1)=C(/C)Cl. The van der Waals surface area contributed by atoms with Crippen LogP contribution in [0.4, 0.5) is 11.6 Å². The maximum absolute atomic E-state index is 6.24. The van der Waals surface area contributed by atoms with Gasteiger partial charge in [-0.2, -0.15) is 16.7 Å². The van der Waals surface area contributed by atoms with Crippen LogP contribution in [0.15, 0.2) is 77.6 Å². The van der Waals surface area contributed by atoms with E-state index in [1.54, 1.807) is 11.8 Å². The molecule has 0 aliphatic rings. The monoisotopic (exact) mass is 466 g/mol. The lowest BCUT2D eigenvalue weighted by atomic mass is 10.2. The Bertz CT molecular complexity index is 1100. The largest absolute Gasteiger partial charge is 0.488 e. The molecule has 0 saturated carbocycles. The third kappa shape index (κ3) is 6.84. The van der Waals surface area contributed by atoms with E-state index in [2.05, 4.69) is 51.7 Å². The summed E-state index contributed by atoms with van der Waals surface area (Å²) in [5.74, 6) is 2.66. The summed E-state index contributed by atoms with van der Waals surface area (Å²) in [6, 6.07) is 15.9. The summed E-state index contributed by atoms with van der Waals surface area (Å²) in [6.07, 6.45) is 8.59. The number of rotatable bonds is 10. The lowest BCUT2D eigenvalue weighted by Crippen LogP contribution is -2.04. The lowest BCUT2D eigenvalue weighted by molar-refractivity contribution is 0.356. The number of hydrogen-bond acceptors (Lipinski definition) is 6. The first-order chi connectivity index (χ1) is 15.6. The van der Waals surface area contributed by atoms with Crippen molar-refractivity contribution in [2.75, 3.05) is 18.2 Å². The van der Waals surface area contributed by atoms with Crippen LogP contribution in [0.2, 0.25) is 0 Å². The van der Waals surface area contributed by atoms with Crippen LogP contribution in [0.5, 0.6) is 5.75 Å². The number of thioether (sulfide) groups is 1. The topological polar surface area (TPSA) is 59.9 Å². The molecular weight excluding hydrogens is 440 g/mol. The fraction of sp³-hybridized carbons (Fsp3) is 0.240. The number of ether oxygens (including phenoxy) is 1. The van der Waals surface area contributed by atoms with Crippen LogP contribution in [0.3, 0.4) is 0 Å². The van der Waals surface area contributed by atoms with E-state index in [0.717, 1.165) is 29.0 Å². The molecule has 0 unspecified atom stereocenters. The van der Waals surface area contributed by atoms with Gasteiger partial charge in [0.05, 0.1) is 5.56 Å². The molecule has 0 saturated heterocycles. The van der Waals surface area contributed by atoms with E-state index in [1.807, 2.05) is 49.4 Å². The van der Waals surface area contributed by atoms with E-state index >= 15 is 0 Å². The smallest absolute Gasteiger partial charge is 0.230 e. The predicted octanol–water partition coefficient (Wildman–Crippen LogP) is 7.00. The third-order valence-corrected chi connectivity index (χ3v) is 5.44. The van der Waals surface area contributed by atoms with Crippen molar-refractivity contribution >= 4 is 35.0 Å². The Labute approximate surface area is 199 Å². The highest BCUT2D eigenvalue weighted by Gasteiger charge is 2.11. The number of nitrogens with zero attached hydrogens (tertiary/aromatic N) is 3. The Morgan fingerprint density at radius 3 is 2.78 bits per heavy atom. The van der Waals surface area contributed by atoms with Crippen molar-refractivity contribution in [2.24, 2.45) is 0 Å². The summed E-state index contributed by atoms with van der Waals surface area (Å²) in [7, 11) is 0. The minimum absolute atomic E-state index is 0.362. The molecule has 5 nitrogen and oxygen atoms in total. The molecule has 0 spiro atoms. The Kier molecular flexibility index (Phi) is 9.13. The Morgan fingerprint density at radius 2 is 2.00 bits per heavy atom. The van der Waals surface area contributed by atoms with Gasteiger partial charge in [0.1, 0.15) is 18.7 Å². The van der Waals surface area contributed by atoms with Crippen LogP contribution in [-0.4, -0.2) is 27.8 Å². The molecule has 1 N–H and O–H groups in total. The number of hydrogen-bond donors (Lipinski definition) is 1. The highest BCUT2D eigenvalue weighted by atomic mass is 35.5. The highest BCUT2D eigenvalue weighted by Crippen LogP contribution is 2.28. The second-order valence-electron chi connectivity index (χ2n) is 7.05. The predicted molar refractivity (Wildman–Crippen MR) is 136 cm³/mol. The average molecular weight is 467 g/mol. The standard InChI is InChI=1S/C25H27ClN4OS/c1-4-5-10-20(18(2)26)15-31-23-13-7-6-12-22(23)24-27-17-28-25(30-24)29-21-11-8-9-19(14-21)16-32-3/h5-14,17H,4,15-16H2,1-3H3,(H,27,28,29,30)/b10-5-,20-18-. The van der Waals surface area contributed by atoms with E-state index in [4.69, 9.17) is 16.3 Å². The zero-order valence-corrected chi connectivity index (χ0v) is 20.1. The molecule has 0 atom stereocenters. The summed E-state index contributed by atoms with van der Waals surface area (Å²) >= 11 is 8.02. The van der Waals surface area contributed by atoms with Gasteiger partial charge in [0.15, 0.2) is 5.82 Å². The van der Waals surface area contributed by atoms with Gasteiger partial charge in [0.2, 0.25) is 5.95 Å². The molecule has 3 aromatic rings. The normalized spacial score (nSPS) is 12.0. The number of aromatic nitrogens is 3. The van der Waals surface area contributed by atoms with E-state index in [-0.39, 0.29) is 0 Å². The summed E-state index contributed by atoms with van der Waals surface area (Å²) in [6.45, 7) is 4.31. The molecule has 0 fully saturated rings. The van der Waals surface area contributed by atoms with Gasteiger partial charge in [-0.25, -0.2) is 9.97 Å². The summed E-state index contributed by atoms with van der Waals surface area (Å²) in [5.41, 5.74) is 3.91. The second kappa shape index (κ2) is 12.3. The van der Waals surface area contributed by atoms with Gasteiger partial charge >= 0.3 is 0 Å². The summed E-state index contributed by atoms with van der Waals surface area (Å²) in [5, 5.41) is 3.99. The second-order valence-corrected chi connectivity index (χ2v) is 8.48. The van der Waals surface area contributed by atoms with Crippen molar-refractivity contribution < 1.29 is 4.74 Å². The maximum Gasteiger partial charge on any atom is 0.230 e. The molecule has 32 heavy (non-hydrogen) atoms. The van der Waals surface area contributed by atoms with Crippen LogP contribution in [0.25, 0.3) is 11.4 Å². The Hall–Kier alpha value is -2.83. The van der Waals surface area contributed by atoms with Crippen molar-refractivity contribution in [3.8, 4) is 17.1 Å². The molecule has 0 amide bonds. The molecule has 7 heteroatoms. The number of para-hydroxylation sites is 1.